The zero-order chi connectivity index (χ0) is 15.2. The third kappa shape index (κ3) is 5.07. The highest BCUT2D eigenvalue weighted by Gasteiger charge is 2.18. The summed E-state index contributed by atoms with van der Waals surface area (Å²) in [5.41, 5.74) is 0.394. The molecular weight excluding hydrogens is 399 g/mol. The number of piperidine rings is 1. The van der Waals surface area contributed by atoms with Gasteiger partial charge in [-0.1, -0.05) is 19.1 Å². The lowest BCUT2D eigenvalue weighted by molar-refractivity contribution is 0.273. The average Bonchev–Trinajstić information content (AvgIpc) is 2.49. The fourth-order valence-electron chi connectivity index (χ4n) is 2.60. The van der Waals surface area contributed by atoms with Crippen molar-refractivity contribution in [3.63, 3.8) is 0 Å². The molecule has 0 radical (unpaired) electrons. The number of halogens is 3. The van der Waals surface area contributed by atoms with Gasteiger partial charge in [-0.05, 0) is 36.8 Å². The van der Waals surface area contributed by atoms with Gasteiger partial charge in [0.2, 0.25) is 0 Å². The Kier molecular flexibility index (Phi) is 8.06. The van der Waals surface area contributed by atoms with Gasteiger partial charge in [-0.15, -0.1) is 24.0 Å². The summed E-state index contributed by atoms with van der Waals surface area (Å²) >= 11 is 0. The molecule has 1 aliphatic heterocycles. The van der Waals surface area contributed by atoms with E-state index in [1.54, 1.807) is 13.1 Å². The number of aliphatic imine (C=N–C) groups is 1. The number of hydrogen-bond acceptors (Lipinski definition) is 1. The van der Waals surface area contributed by atoms with Crippen molar-refractivity contribution in [2.24, 2.45) is 10.9 Å². The maximum absolute atomic E-state index is 13.6. The number of rotatable bonds is 3. The summed E-state index contributed by atoms with van der Waals surface area (Å²) in [6.45, 7) is 4.80. The molecule has 1 aliphatic rings. The number of likely N-dealkylation sites (tertiary alicyclic amines) is 1. The molecule has 6 heteroatoms. The van der Waals surface area contributed by atoms with E-state index in [4.69, 9.17) is 0 Å². The Morgan fingerprint density at radius 2 is 2.00 bits per heavy atom. The second kappa shape index (κ2) is 9.27. The first-order chi connectivity index (χ1) is 10.1. The fraction of sp³-hybridized carbons (Fsp3) is 0.562. The average molecular weight is 423 g/mol. The van der Waals surface area contributed by atoms with Gasteiger partial charge in [0.05, 0.1) is 0 Å². The molecule has 1 fully saturated rings. The molecule has 1 aromatic rings. The molecule has 0 spiro atoms. The van der Waals surface area contributed by atoms with Crippen LogP contribution in [0.25, 0.3) is 0 Å². The summed E-state index contributed by atoms with van der Waals surface area (Å²) in [5.74, 6) is 0.0717. The van der Waals surface area contributed by atoms with Gasteiger partial charge >= 0.3 is 0 Å². The van der Waals surface area contributed by atoms with Crippen LogP contribution >= 0.6 is 24.0 Å². The van der Waals surface area contributed by atoms with Gasteiger partial charge in [-0.2, -0.15) is 0 Å². The van der Waals surface area contributed by atoms with Crippen LogP contribution in [0.15, 0.2) is 23.2 Å². The Hall–Kier alpha value is -0.920. The van der Waals surface area contributed by atoms with Crippen LogP contribution in [0, 0.1) is 17.6 Å². The molecule has 22 heavy (non-hydrogen) atoms. The van der Waals surface area contributed by atoms with Crippen molar-refractivity contribution in [3.05, 3.63) is 35.4 Å². The minimum Gasteiger partial charge on any atom is -0.356 e. The van der Waals surface area contributed by atoms with E-state index in [-0.39, 0.29) is 24.0 Å². The van der Waals surface area contributed by atoms with E-state index < -0.39 is 11.6 Å². The molecule has 1 aromatic carbocycles. The van der Waals surface area contributed by atoms with Gasteiger partial charge in [0.15, 0.2) is 17.6 Å². The summed E-state index contributed by atoms with van der Waals surface area (Å²) in [6, 6.07) is 4.29. The van der Waals surface area contributed by atoms with Crippen molar-refractivity contribution in [2.45, 2.75) is 26.2 Å². The smallest absolute Gasteiger partial charge is 0.193 e. The first-order valence-corrected chi connectivity index (χ1v) is 7.50. The SMILES string of the molecule is CN=C(NCCc1cccc(F)c1F)N1CCC(C)CC1.I. The summed E-state index contributed by atoms with van der Waals surface area (Å²) < 4.78 is 26.7. The minimum absolute atomic E-state index is 0. The van der Waals surface area contributed by atoms with Gasteiger partial charge in [0, 0.05) is 26.7 Å². The number of nitrogens with one attached hydrogen (secondary N) is 1. The van der Waals surface area contributed by atoms with Gasteiger partial charge in [0.25, 0.3) is 0 Å². The molecule has 0 atom stereocenters. The van der Waals surface area contributed by atoms with Crippen LogP contribution in [0.1, 0.15) is 25.3 Å². The Labute approximate surface area is 148 Å². The molecule has 0 bridgehead atoms. The predicted molar refractivity (Wildman–Crippen MR) is 96.8 cm³/mol. The molecule has 1 saturated heterocycles. The van der Waals surface area contributed by atoms with Gasteiger partial charge in [-0.25, -0.2) is 8.78 Å². The number of hydrogen-bond donors (Lipinski definition) is 1. The molecule has 0 saturated carbocycles. The van der Waals surface area contributed by atoms with E-state index in [1.807, 2.05) is 0 Å². The Morgan fingerprint density at radius 1 is 1.32 bits per heavy atom. The minimum atomic E-state index is -0.790. The van der Waals surface area contributed by atoms with Crippen molar-refractivity contribution in [3.8, 4) is 0 Å². The zero-order valence-corrected chi connectivity index (χ0v) is 15.4. The molecular formula is C16H24F2IN3. The van der Waals surface area contributed by atoms with Gasteiger partial charge < -0.3 is 10.2 Å². The lowest BCUT2D eigenvalue weighted by Gasteiger charge is -2.32. The van der Waals surface area contributed by atoms with E-state index in [2.05, 4.69) is 22.1 Å². The zero-order valence-electron chi connectivity index (χ0n) is 13.1. The first-order valence-electron chi connectivity index (χ1n) is 7.50. The van der Waals surface area contributed by atoms with Gasteiger partial charge in [0.1, 0.15) is 0 Å². The lowest BCUT2D eigenvalue weighted by atomic mass is 9.99. The molecule has 1 heterocycles. The summed E-state index contributed by atoms with van der Waals surface area (Å²) in [4.78, 5) is 6.50. The molecule has 0 aliphatic carbocycles. The molecule has 0 unspecified atom stereocenters. The van der Waals surface area contributed by atoms with Crippen LogP contribution in [-0.2, 0) is 6.42 Å². The van der Waals surface area contributed by atoms with E-state index in [0.29, 0.717) is 18.5 Å². The molecule has 0 amide bonds. The fourth-order valence-corrected chi connectivity index (χ4v) is 2.60. The van der Waals surface area contributed by atoms with E-state index >= 15 is 0 Å². The van der Waals surface area contributed by atoms with Crippen LogP contribution < -0.4 is 5.32 Å². The maximum atomic E-state index is 13.6. The lowest BCUT2D eigenvalue weighted by Crippen LogP contribution is -2.45. The van der Waals surface area contributed by atoms with Crippen LogP contribution in [0.4, 0.5) is 8.78 Å². The second-order valence-electron chi connectivity index (χ2n) is 5.61. The van der Waals surface area contributed by atoms with Crippen molar-refractivity contribution >= 4 is 29.9 Å². The van der Waals surface area contributed by atoms with Crippen LogP contribution in [-0.4, -0.2) is 37.5 Å². The topological polar surface area (TPSA) is 27.6 Å². The largest absolute Gasteiger partial charge is 0.356 e. The Bertz CT molecular complexity index is 500. The third-order valence-electron chi connectivity index (χ3n) is 4.00. The summed E-state index contributed by atoms with van der Waals surface area (Å²) in [5, 5.41) is 3.24. The van der Waals surface area contributed by atoms with Crippen molar-refractivity contribution in [2.75, 3.05) is 26.7 Å². The first kappa shape index (κ1) is 19.1. The summed E-state index contributed by atoms with van der Waals surface area (Å²) in [6.07, 6.45) is 2.77. The van der Waals surface area contributed by atoms with Crippen LogP contribution in [0.3, 0.4) is 0 Å². The monoisotopic (exact) mass is 423 g/mol. The molecule has 2 rings (SSSR count). The van der Waals surface area contributed by atoms with Crippen molar-refractivity contribution in [1.29, 1.82) is 0 Å². The van der Waals surface area contributed by atoms with Crippen LogP contribution in [0.5, 0.6) is 0 Å². The maximum Gasteiger partial charge on any atom is 0.193 e. The predicted octanol–water partition coefficient (Wildman–Crippen LogP) is 3.43. The highest BCUT2D eigenvalue weighted by molar-refractivity contribution is 14.0. The third-order valence-corrected chi connectivity index (χ3v) is 4.00. The molecule has 0 aromatic heterocycles. The normalized spacial score (nSPS) is 16.4. The number of benzene rings is 1. The number of guanidine groups is 1. The highest BCUT2D eigenvalue weighted by atomic mass is 127. The summed E-state index contributed by atoms with van der Waals surface area (Å²) in [7, 11) is 1.75. The standard InChI is InChI=1S/C16H23F2N3.HI/c1-12-7-10-21(11-8-12)16(19-2)20-9-6-13-4-3-5-14(17)15(13)18;/h3-5,12H,6-11H2,1-2H3,(H,19,20);1H. The quantitative estimate of drug-likeness (QED) is 0.459. The van der Waals surface area contributed by atoms with Crippen molar-refractivity contribution in [1.82, 2.24) is 10.2 Å². The molecule has 1 N–H and O–H groups in total. The Morgan fingerprint density at radius 3 is 2.64 bits per heavy atom. The van der Waals surface area contributed by atoms with E-state index in [0.717, 1.165) is 31.0 Å². The number of nitrogens with zero attached hydrogens (tertiary/aromatic N) is 2. The van der Waals surface area contributed by atoms with E-state index in [1.165, 1.54) is 18.9 Å². The molecule has 124 valence electrons. The van der Waals surface area contributed by atoms with E-state index in [9.17, 15) is 8.78 Å². The van der Waals surface area contributed by atoms with Crippen LogP contribution in [0.2, 0.25) is 0 Å². The van der Waals surface area contributed by atoms with Crippen molar-refractivity contribution < 1.29 is 8.78 Å². The highest BCUT2D eigenvalue weighted by Crippen LogP contribution is 2.16. The van der Waals surface area contributed by atoms with Gasteiger partial charge in [-0.3, -0.25) is 4.99 Å². The molecule has 3 nitrogen and oxygen atoms in total. The Balaban J connectivity index is 0.00000242. The second-order valence-corrected chi connectivity index (χ2v) is 5.61.